The molecule has 0 spiro atoms. The molecule has 1 N–H and O–H groups in total. The predicted molar refractivity (Wildman–Crippen MR) is 104 cm³/mol. The predicted octanol–water partition coefficient (Wildman–Crippen LogP) is 1.06. The van der Waals surface area contributed by atoms with E-state index in [0.717, 1.165) is 11.3 Å². The van der Waals surface area contributed by atoms with E-state index in [2.05, 4.69) is 4.90 Å². The molecule has 7 nitrogen and oxygen atoms in total. The van der Waals surface area contributed by atoms with E-state index in [1.165, 1.54) is 6.92 Å². The van der Waals surface area contributed by atoms with Crippen LogP contribution in [0.25, 0.3) is 0 Å². The van der Waals surface area contributed by atoms with Crippen LogP contribution in [0.2, 0.25) is 0 Å². The molecule has 1 aromatic carbocycles. The third-order valence-corrected chi connectivity index (χ3v) is 7.40. The maximum absolute atomic E-state index is 13.2. The highest BCUT2D eigenvalue weighted by molar-refractivity contribution is 7.89. The Labute approximate surface area is 161 Å². The SMILES string of the molecule is CC(=O)N1c2ccc(S(=O)(=O)N3CCN(C[C@H](C)O)C[C@@H]3C)cc2C[C@@H]1C. The number of amides is 1. The Bertz CT molecular complexity index is 824. The number of benzene rings is 1. The molecule has 1 amide bonds. The van der Waals surface area contributed by atoms with Crippen molar-refractivity contribution in [2.45, 2.75) is 57.2 Å². The maximum Gasteiger partial charge on any atom is 0.243 e. The first kappa shape index (κ1) is 20.3. The van der Waals surface area contributed by atoms with E-state index in [1.54, 1.807) is 34.3 Å². The first-order valence-corrected chi connectivity index (χ1v) is 10.9. The number of hydrogen-bond donors (Lipinski definition) is 1. The molecule has 0 aliphatic carbocycles. The molecule has 0 unspecified atom stereocenters. The van der Waals surface area contributed by atoms with Crippen LogP contribution < -0.4 is 4.90 Å². The number of fused-ring (bicyclic) bond motifs is 1. The van der Waals surface area contributed by atoms with E-state index in [1.807, 2.05) is 13.8 Å². The smallest absolute Gasteiger partial charge is 0.243 e. The molecule has 3 rings (SSSR count). The lowest BCUT2D eigenvalue weighted by Crippen LogP contribution is -2.54. The zero-order valence-electron chi connectivity index (χ0n) is 16.4. The van der Waals surface area contributed by atoms with E-state index >= 15 is 0 Å². The van der Waals surface area contributed by atoms with Gasteiger partial charge >= 0.3 is 0 Å². The van der Waals surface area contributed by atoms with Crippen molar-refractivity contribution in [3.8, 4) is 0 Å². The molecule has 3 atom stereocenters. The van der Waals surface area contributed by atoms with Gasteiger partial charge in [-0.3, -0.25) is 9.69 Å². The van der Waals surface area contributed by atoms with Gasteiger partial charge in [0.15, 0.2) is 0 Å². The van der Waals surface area contributed by atoms with Crippen molar-refractivity contribution >= 4 is 21.6 Å². The minimum atomic E-state index is -3.60. The Morgan fingerprint density at radius 1 is 1.26 bits per heavy atom. The van der Waals surface area contributed by atoms with Crippen LogP contribution >= 0.6 is 0 Å². The number of nitrogens with zero attached hydrogens (tertiary/aromatic N) is 3. The van der Waals surface area contributed by atoms with E-state index in [-0.39, 0.29) is 22.9 Å². The molecule has 2 aliphatic rings. The topological polar surface area (TPSA) is 81.2 Å². The molecule has 2 heterocycles. The van der Waals surface area contributed by atoms with Crippen LogP contribution in [0, 0.1) is 0 Å². The Morgan fingerprint density at radius 3 is 2.56 bits per heavy atom. The number of aliphatic hydroxyl groups is 1. The molecule has 8 heteroatoms. The highest BCUT2D eigenvalue weighted by Gasteiger charge is 2.36. The third-order valence-electron chi connectivity index (χ3n) is 5.39. The summed E-state index contributed by atoms with van der Waals surface area (Å²) in [7, 11) is -3.60. The van der Waals surface area contributed by atoms with E-state index in [4.69, 9.17) is 0 Å². The molecule has 0 saturated carbocycles. The zero-order chi connectivity index (χ0) is 19.9. The number of β-amino-alcohol motifs (C(OH)–C–C–N with tert-alkyl or cyclic N) is 1. The van der Waals surface area contributed by atoms with E-state index in [0.29, 0.717) is 32.6 Å². The molecular weight excluding hydrogens is 366 g/mol. The maximum atomic E-state index is 13.2. The van der Waals surface area contributed by atoms with Crippen molar-refractivity contribution < 1.29 is 18.3 Å². The van der Waals surface area contributed by atoms with Crippen LogP contribution in [0.3, 0.4) is 0 Å². The lowest BCUT2D eigenvalue weighted by atomic mass is 10.1. The summed E-state index contributed by atoms with van der Waals surface area (Å²) in [6.07, 6.45) is 0.235. The summed E-state index contributed by atoms with van der Waals surface area (Å²) in [6.45, 7) is 9.31. The average Bonchev–Trinajstić information content (AvgIpc) is 2.88. The summed E-state index contributed by atoms with van der Waals surface area (Å²) < 4.78 is 28.0. The second kappa shape index (κ2) is 7.50. The van der Waals surface area contributed by atoms with Crippen molar-refractivity contribution in [3.63, 3.8) is 0 Å². The van der Waals surface area contributed by atoms with Crippen molar-refractivity contribution in [3.05, 3.63) is 23.8 Å². The fourth-order valence-electron chi connectivity index (χ4n) is 4.30. The van der Waals surface area contributed by atoms with Gasteiger partial charge in [-0.05, 0) is 51.0 Å². The third kappa shape index (κ3) is 3.89. The van der Waals surface area contributed by atoms with E-state index in [9.17, 15) is 18.3 Å². The fourth-order valence-corrected chi connectivity index (χ4v) is 5.96. The van der Waals surface area contributed by atoms with Crippen LogP contribution in [0.4, 0.5) is 5.69 Å². The number of sulfonamides is 1. The molecule has 27 heavy (non-hydrogen) atoms. The first-order valence-electron chi connectivity index (χ1n) is 9.46. The first-order chi connectivity index (χ1) is 12.6. The van der Waals surface area contributed by atoms with Crippen LogP contribution in [-0.4, -0.2) is 73.0 Å². The molecule has 1 aromatic rings. The Balaban J connectivity index is 1.83. The summed E-state index contributed by atoms with van der Waals surface area (Å²) in [5.41, 5.74) is 1.71. The quantitative estimate of drug-likeness (QED) is 0.825. The van der Waals surface area contributed by atoms with Gasteiger partial charge in [-0.1, -0.05) is 0 Å². The number of carbonyl (C=O) groups excluding carboxylic acids is 1. The summed E-state index contributed by atoms with van der Waals surface area (Å²) in [5.74, 6) is -0.0280. The van der Waals surface area contributed by atoms with Crippen molar-refractivity contribution in [1.82, 2.24) is 9.21 Å². The second-order valence-electron chi connectivity index (χ2n) is 7.81. The lowest BCUT2D eigenvalue weighted by Gasteiger charge is -2.39. The summed E-state index contributed by atoms with van der Waals surface area (Å²) >= 11 is 0. The standard InChI is InChI=1S/C19H29N3O4S/c1-13-9-17-10-18(5-6-19(17)22(13)16(4)24)27(25,26)21-8-7-20(11-14(21)2)12-15(3)23/h5-6,10,13-15,23H,7-9,11-12H2,1-4H3/t13-,14-,15-/m0/s1. The molecule has 0 radical (unpaired) electrons. The number of hydrogen-bond acceptors (Lipinski definition) is 5. The Kier molecular flexibility index (Phi) is 5.63. The van der Waals surface area contributed by atoms with Crippen molar-refractivity contribution in [2.24, 2.45) is 0 Å². The molecule has 1 saturated heterocycles. The van der Waals surface area contributed by atoms with Crippen LogP contribution in [0.5, 0.6) is 0 Å². The minimum Gasteiger partial charge on any atom is -0.392 e. The number of piperazine rings is 1. The van der Waals surface area contributed by atoms with Gasteiger partial charge in [0, 0.05) is 50.9 Å². The Morgan fingerprint density at radius 2 is 1.96 bits per heavy atom. The monoisotopic (exact) mass is 395 g/mol. The van der Waals surface area contributed by atoms with E-state index < -0.39 is 16.1 Å². The van der Waals surface area contributed by atoms with Crippen LogP contribution in [0.15, 0.2) is 23.1 Å². The van der Waals surface area contributed by atoms with Gasteiger partial charge in [-0.15, -0.1) is 0 Å². The highest BCUT2D eigenvalue weighted by atomic mass is 32.2. The summed E-state index contributed by atoms with van der Waals surface area (Å²) in [4.78, 5) is 16.0. The van der Waals surface area contributed by atoms with Gasteiger partial charge in [-0.25, -0.2) is 8.42 Å². The molecule has 0 aromatic heterocycles. The highest BCUT2D eigenvalue weighted by Crippen LogP contribution is 2.35. The number of anilines is 1. The van der Waals surface area contributed by atoms with Crippen LogP contribution in [-0.2, 0) is 21.2 Å². The number of rotatable bonds is 4. The molecule has 2 aliphatic heterocycles. The van der Waals surface area contributed by atoms with Gasteiger partial charge in [0.05, 0.1) is 11.0 Å². The Hall–Kier alpha value is -1.48. The summed E-state index contributed by atoms with van der Waals surface area (Å²) in [5, 5.41) is 9.56. The largest absolute Gasteiger partial charge is 0.392 e. The lowest BCUT2D eigenvalue weighted by molar-refractivity contribution is -0.116. The molecule has 150 valence electrons. The van der Waals surface area contributed by atoms with Crippen molar-refractivity contribution in [2.75, 3.05) is 31.1 Å². The molecular formula is C19H29N3O4S. The van der Waals surface area contributed by atoms with Gasteiger partial charge in [0.2, 0.25) is 15.9 Å². The normalized spacial score (nSPS) is 25.4. The number of aliphatic hydroxyl groups excluding tert-OH is 1. The molecule has 1 fully saturated rings. The van der Waals surface area contributed by atoms with Gasteiger partial charge in [-0.2, -0.15) is 4.31 Å². The van der Waals surface area contributed by atoms with Gasteiger partial charge in [0.25, 0.3) is 0 Å². The van der Waals surface area contributed by atoms with Crippen molar-refractivity contribution in [1.29, 1.82) is 0 Å². The summed E-state index contributed by atoms with van der Waals surface area (Å²) in [6, 6.07) is 4.96. The number of carbonyl (C=O) groups is 1. The van der Waals surface area contributed by atoms with Gasteiger partial charge < -0.3 is 10.0 Å². The zero-order valence-corrected chi connectivity index (χ0v) is 17.2. The molecule has 0 bridgehead atoms. The second-order valence-corrected chi connectivity index (χ2v) is 9.70. The minimum absolute atomic E-state index is 0.0280. The average molecular weight is 396 g/mol. The fraction of sp³-hybridized carbons (Fsp3) is 0.632. The van der Waals surface area contributed by atoms with Gasteiger partial charge in [0.1, 0.15) is 0 Å². The van der Waals surface area contributed by atoms with Crippen LogP contribution in [0.1, 0.15) is 33.3 Å².